The number of rotatable bonds is 12. The molecule has 2 atom stereocenters. The average Bonchev–Trinajstić information content (AvgIpc) is 3.53. The molecule has 0 N–H and O–H groups in total. The molecule has 7 aromatic rings. The lowest BCUT2D eigenvalue weighted by atomic mass is 9.90. The minimum Gasteiger partial charge on any atom is -0.334 e. The van der Waals surface area contributed by atoms with Crippen LogP contribution in [0.15, 0.2) is 224 Å². The summed E-state index contributed by atoms with van der Waals surface area (Å²) < 4.78 is 2.65. The van der Waals surface area contributed by atoms with E-state index in [9.17, 15) is 0 Å². The first-order chi connectivity index (χ1) is 31.2. The molecule has 2 nitrogen and oxygen atoms in total. The summed E-state index contributed by atoms with van der Waals surface area (Å²) in [6.07, 6.45) is 36.2. The van der Waals surface area contributed by atoms with E-state index >= 15 is 0 Å². The molecule has 6 aromatic carbocycles. The van der Waals surface area contributed by atoms with Gasteiger partial charge in [-0.3, -0.25) is 0 Å². The number of fused-ring (bicyclic) bond motifs is 4. The third-order valence-corrected chi connectivity index (χ3v) is 13.7. The van der Waals surface area contributed by atoms with E-state index in [2.05, 4.69) is 241 Å². The van der Waals surface area contributed by atoms with Crippen molar-refractivity contribution >= 4 is 65.9 Å². The largest absolute Gasteiger partial charge is 0.334 e. The minimum atomic E-state index is 0.172. The van der Waals surface area contributed by atoms with Crippen molar-refractivity contribution < 1.29 is 0 Å². The van der Waals surface area contributed by atoms with Gasteiger partial charge in [-0.25, -0.2) is 0 Å². The standard InChI is InChI=1S/C60H52N2S/c1-2-17-45(22-14-20-44-18-6-3-4-7-19-44)46-32-38-51(39-33-46)61(50-24-8-5-9-25-50)52-40-34-47(35-41-52)48-36-42-53(43-37-48)62(57-29-15-23-49-21-10-11-26-54(49)57)58-30-16-28-56-55-27-12-13-31-59(55)63-60(56)58/h3-18,21-24,26-28,30-43,50,57H,2,19-20,25,29H2,1H3/b22-14-,45-17+. The second-order valence-electron chi connectivity index (χ2n) is 16.5. The van der Waals surface area contributed by atoms with Gasteiger partial charge in [-0.05, 0) is 114 Å². The van der Waals surface area contributed by atoms with Crippen LogP contribution in [0, 0.1) is 0 Å². The Kier molecular flexibility index (Phi) is 11.8. The Balaban J connectivity index is 0.939. The molecule has 3 heteroatoms. The first-order valence-corrected chi connectivity index (χ1v) is 23.3. The molecule has 10 rings (SSSR count). The molecule has 0 bridgehead atoms. The molecular formula is C60H52N2S. The Labute approximate surface area is 376 Å². The molecule has 0 radical (unpaired) electrons. The predicted octanol–water partition coefficient (Wildman–Crippen LogP) is 17.2. The van der Waals surface area contributed by atoms with Crippen molar-refractivity contribution in [2.24, 2.45) is 0 Å². The highest BCUT2D eigenvalue weighted by Gasteiger charge is 2.28. The van der Waals surface area contributed by atoms with Crippen molar-refractivity contribution in [3.63, 3.8) is 0 Å². The molecule has 63 heavy (non-hydrogen) atoms. The Morgan fingerprint density at radius 1 is 0.635 bits per heavy atom. The smallest absolute Gasteiger partial charge is 0.0632 e. The fourth-order valence-electron chi connectivity index (χ4n) is 9.42. The highest BCUT2D eigenvalue weighted by atomic mass is 32.1. The van der Waals surface area contributed by atoms with Gasteiger partial charge in [0.15, 0.2) is 0 Å². The van der Waals surface area contributed by atoms with E-state index in [4.69, 9.17) is 0 Å². The van der Waals surface area contributed by atoms with E-state index in [1.165, 1.54) is 81.9 Å². The maximum absolute atomic E-state index is 2.59. The molecule has 3 aliphatic rings. The van der Waals surface area contributed by atoms with E-state index in [0.717, 1.165) is 32.1 Å². The van der Waals surface area contributed by atoms with Crippen LogP contribution < -0.4 is 9.80 Å². The van der Waals surface area contributed by atoms with Crippen LogP contribution in [0.25, 0.3) is 42.9 Å². The predicted molar refractivity (Wildman–Crippen MR) is 274 cm³/mol. The van der Waals surface area contributed by atoms with Crippen LogP contribution in [0.5, 0.6) is 0 Å². The lowest BCUT2D eigenvalue weighted by Gasteiger charge is -2.36. The summed E-state index contributed by atoms with van der Waals surface area (Å²) in [5, 5.41) is 2.64. The number of nitrogens with zero attached hydrogens (tertiary/aromatic N) is 2. The van der Waals surface area contributed by atoms with Gasteiger partial charge in [0.05, 0.1) is 22.5 Å². The van der Waals surface area contributed by atoms with Crippen molar-refractivity contribution in [1.82, 2.24) is 0 Å². The summed E-state index contributed by atoms with van der Waals surface area (Å²) in [6, 6.07) is 52.5. The van der Waals surface area contributed by atoms with E-state index in [0.29, 0.717) is 0 Å². The molecule has 0 saturated carbocycles. The summed E-state index contributed by atoms with van der Waals surface area (Å²) in [5.41, 5.74) is 13.8. The molecule has 3 aliphatic carbocycles. The summed E-state index contributed by atoms with van der Waals surface area (Å²) in [5.74, 6) is 0. The van der Waals surface area contributed by atoms with Crippen LogP contribution >= 0.6 is 11.3 Å². The van der Waals surface area contributed by atoms with Gasteiger partial charge in [0, 0.05) is 32.5 Å². The fraction of sp³-hybridized carbons (Fsp3) is 0.133. The molecule has 0 amide bonds. The van der Waals surface area contributed by atoms with Crippen molar-refractivity contribution in [1.29, 1.82) is 0 Å². The highest BCUT2D eigenvalue weighted by molar-refractivity contribution is 7.26. The van der Waals surface area contributed by atoms with Gasteiger partial charge in [0.2, 0.25) is 0 Å². The van der Waals surface area contributed by atoms with Crippen LogP contribution in [0.3, 0.4) is 0 Å². The number of hydrogen-bond acceptors (Lipinski definition) is 3. The zero-order chi connectivity index (χ0) is 42.4. The van der Waals surface area contributed by atoms with Gasteiger partial charge >= 0.3 is 0 Å². The summed E-state index contributed by atoms with van der Waals surface area (Å²) in [7, 11) is 0. The van der Waals surface area contributed by atoms with Crippen molar-refractivity contribution in [2.45, 2.75) is 51.1 Å². The maximum atomic E-state index is 2.59. The monoisotopic (exact) mass is 832 g/mol. The molecule has 1 heterocycles. The summed E-state index contributed by atoms with van der Waals surface area (Å²) in [6.45, 7) is 2.21. The zero-order valence-corrected chi connectivity index (χ0v) is 36.7. The first kappa shape index (κ1) is 40.2. The second-order valence-corrected chi connectivity index (χ2v) is 17.6. The van der Waals surface area contributed by atoms with E-state index in [1.54, 1.807) is 0 Å². The number of hydrogen-bond donors (Lipinski definition) is 0. The fourth-order valence-corrected chi connectivity index (χ4v) is 10.6. The van der Waals surface area contributed by atoms with Crippen LogP contribution in [0.2, 0.25) is 0 Å². The number of benzene rings is 6. The normalized spacial score (nSPS) is 17.0. The molecule has 0 saturated heterocycles. The van der Waals surface area contributed by atoms with Gasteiger partial charge in [0.25, 0.3) is 0 Å². The molecule has 0 aliphatic heterocycles. The highest BCUT2D eigenvalue weighted by Crippen LogP contribution is 2.47. The molecule has 0 spiro atoms. The van der Waals surface area contributed by atoms with Crippen LogP contribution in [0.1, 0.15) is 61.8 Å². The topological polar surface area (TPSA) is 6.48 Å². The third kappa shape index (κ3) is 8.50. The lowest BCUT2D eigenvalue weighted by molar-refractivity contribution is 0.704. The zero-order valence-electron chi connectivity index (χ0n) is 35.9. The molecular weight excluding hydrogens is 781 g/mol. The van der Waals surface area contributed by atoms with Crippen molar-refractivity contribution in [3.8, 4) is 11.1 Å². The van der Waals surface area contributed by atoms with Crippen LogP contribution in [-0.4, -0.2) is 6.04 Å². The second kappa shape index (κ2) is 18.6. The third-order valence-electron chi connectivity index (χ3n) is 12.5. The Hall–Kier alpha value is -6.94. The van der Waals surface area contributed by atoms with Crippen LogP contribution in [-0.2, 0) is 0 Å². The number of allylic oxidation sites excluding steroid dienone is 12. The number of anilines is 4. The van der Waals surface area contributed by atoms with Gasteiger partial charge < -0.3 is 9.80 Å². The Morgan fingerprint density at radius 2 is 1.35 bits per heavy atom. The maximum Gasteiger partial charge on any atom is 0.0632 e. The van der Waals surface area contributed by atoms with E-state index < -0.39 is 0 Å². The Bertz CT molecular complexity index is 2980. The van der Waals surface area contributed by atoms with Gasteiger partial charge in [-0.2, -0.15) is 0 Å². The molecule has 2 unspecified atom stereocenters. The van der Waals surface area contributed by atoms with Crippen molar-refractivity contribution in [2.75, 3.05) is 9.80 Å². The summed E-state index contributed by atoms with van der Waals surface area (Å²) >= 11 is 1.90. The minimum absolute atomic E-state index is 0.172. The SMILES string of the molecule is CC/C=C(\C=C/CC1=CC=CC=CC1)c1ccc(N(c2ccc(-c3ccc(N(c4cccc5c4sc4ccccc45)C4CC=Cc5ccccc54)cc3)cc2)C2C=CC=CC2)cc1. The van der Waals surface area contributed by atoms with E-state index in [1.807, 2.05) is 11.3 Å². The first-order valence-electron chi connectivity index (χ1n) is 22.5. The average molecular weight is 833 g/mol. The quantitative estimate of drug-likeness (QED) is 0.113. The van der Waals surface area contributed by atoms with E-state index in [-0.39, 0.29) is 12.1 Å². The van der Waals surface area contributed by atoms with Crippen molar-refractivity contribution in [3.05, 3.63) is 241 Å². The Morgan fingerprint density at radius 3 is 2.13 bits per heavy atom. The van der Waals surface area contributed by atoms with Gasteiger partial charge in [-0.1, -0.05) is 189 Å². The van der Waals surface area contributed by atoms with Gasteiger partial charge in [-0.15, -0.1) is 11.3 Å². The van der Waals surface area contributed by atoms with Crippen LogP contribution in [0.4, 0.5) is 22.7 Å². The lowest BCUT2D eigenvalue weighted by Crippen LogP contribution is -2.29. The number of thiophene rings is 1. The molecule has 0 fully saturated rings. The van der Waals surface area contributed by atoms with Gasteiger partial charge in [0.1, 0.15) is 0 Å². The molecule has 308 valence electrons. The molecule has 1 aromatic heterocycles. The summed E-state index contributed by atoms with van der Waals surface area (Å²) in [4.78, 5) is 5.07.